The molecule has 0 atom stereocenters. The van der Waals surface area contributed by atoms with Gasteiger partial charge in [-0.3, -0.25) is 4.98 Å². The Kier molecular flexibility index (Phi) is 1.63. The Morgan fingerprint density at radius 3 is 3.00 bits per heavy atom. The molecule has 1 aromatic heterocycles. The second-order valence-corrected chi connectivity index (χ2v) is 3.51. The average molecular weight is 150 g/mol. The van der Waals surface area contributed by atoms with Crippen molar-refractivity contribution in [2.45, 2.75) is 5.92 Å². The van der Waals surface area contributed by atoms with Gasteiger partial charge in [0.25, 0.3) is 0 Å². The maximum atomic E-state index is 3.95. The molecule has 0 N–H and O–H groups in total. The fourth-order valence-corrected chi connectivity index (χ4v) is 1.81. The van der Waals surface area contributed by atoms with Crippen LogP contribution < -0.4 is 0 Å². The second-order valence-electron chi connectivity index (χ2n) is 2.44. The van der Waals surface area contributed by atoms with Gasteiger partial charge in [0, 0.05) is 23.6 Å². The zero-order valence-corrected chi connectivity index (χ0v) is 6.40. The fourth-order valence-electron chi connectivity index (χ4n) is 0.981. The molecule has 0 bridgehead atoms. The van der Waals surface area contributed by atoms with E-state index in [0.29, 0.717) is 0 Å². The first-order chi connectivity index (χ1) is 4.97. The number of hydrogen-bond donors (Lipinski definition) is 0. The van der Waals surface area contributed by atoms with Gasteiger partial charge < -0.3 is 0 Å². The first-order valence-corrected chi connectivity index (χ1v) is 4.52. The minimum atomic E-state index is 0.735. The van der Waals surface area contributed by atoms with Crippen molar-refractivity contribution in [2.75, 3.05) is 11.5 Å². The molecule has 1 saturated heterocycles. The van der Waals surface area contributed by atoms with Crippen molar-refractivity contribution >= 4 is 11.8 Å². The van der Waals surface area contributed by atoms with Gasteiger partial charge in [0.05, 0.1) is 6.20 Å². The summed E-state index contributed by atoms with van der Waals surface area (Å²) in [5.41, 5.74) is 1.28. The first kappa shape index (κ1) is 6.23. The third kappa shape index (κ3) is 1.03. The van der Waals surface area contributed by atoms with Crippen LogP contribution >= 0.6 is 11.8 Å². The van der Waals surface area contributed by atoms with Gasteiger partial charge in [0.15, 0.2) is 0 Å². The number of rotatable bonds is 1. The molecule has 1 radical (unpaired) electrons. The molecule has 0 saturated carbocycles. The molecule has 0 aliphatic carbocycles. The Hall–Kier alpha value is -0.500. The predicted octanol–water partition coefficient (Wildman–Crippen LogP) is 1.71. The Morgan fingerprint density at radius 1 is 1.60 bits per heavy atom. The summed E-state index contributed by atoms with van der Waals surface area (Å²) in [5.74, 6) is 3.24. The number of thioether (sulfide) groups is 1. The lowest BCUT2D eigenvalue weighted by atomic mass is 10.1. The first-order valence-electron chi connectivity index (χ1n) is 3.37. The van der Waals surface area contributed by atoms with Gasteiger partial charge in [0.1, 0.15) is 0 Å². The maximum Gasteiger partial charge on any atom is 0.0924 e. The predicted molar refractivity (Wildman–Crippen MR) is 43.1 cm³/mol. The minimum absolute atomic E-state index is 0.735. The van der Waals surface area contributed by atoms with Crippen LogP contribution in [-0.4, -0.2) is 16.5 Å². The summed E-state index contributed by atoms with van der Waals surface area (Å²) in [4.78, 5) is 3.95. The summed E-state index contributed by atoms with van der Waals surface area (Å²) in [5, 5.41) is 0. The Morgan fingerprint density at radius 2 is 2.50 bits per heavy atom. The highest BCUT2D eigenvalue weighted by atomic mass is 32.2. The van der Waals surface area contributed by atoms with Crippen molar-refractivity contribution in [3.63, 3.8) is 0 Å². The van der Waals surface area contributed by atoms with E-state index >= 15 is 0 Å². The molecule has 0 aromatic carbocycles. The van der Waals surface area contributed by atoms with Crippen molar-refractivity contribution in [1.29, 1.82) is 0 Å². The largest absolute Gasteiger partial charge is 0.254 e. The molecule has 0 amide bonds. The van der Waals surface area contributed by atoms with E-state index in [1.807, 2.05) is 17.8 Å². The van der Waals surface area contributed by atoms with E-state index in [0.717, 1.165) is 5.92 Å². The van der Waals surface area contributed by atoms with Crippen LogP contribution in [0.25, 0.3) is 0 Å². The number of hydrogen-bond acceptors (Lipinski definition) is 2. The zero-order valence-electron chi connectivity index (χ0n) is 5.58. The fraction of sp³-hybridized carbons (Fsp3) is 0.375. The summed E-state index contributed by atoms with van der Waals surface area (Å²) in [7, 11) is 0. The smallest absolute Gasteiger partial charge is 0.0924 e. The Labute approximate surface area is 64.9 Å². The standard InChI is InChI=1S/C8H8NS/c1-2-7(4-9-3-1)8-5-10-6-8/h1-3,8H,5-6H2. The van der Waals surface area contributed by atoms with Crippen LogP contribution in [0, 0.1) is 6.20 Å². The average Bonchev–Trinajstić information content (AvgIpc) is 1.86. The topological polar surface area (TPSA) is 12.9 Å². The summed E-state index contributed by atoms with van der Waals surface area (Å²) in [6.07, 6.45) is 4.78. The zero-order chi connectivity index (χ0) is 6.81. The number of aromatic nitrogens is 1. The van der Waals surface area contributed by atoms with Gasteiger partial charge in [-0.25, -0.2) is 0 Å². The van der Waals surface area contributed by atoms with Crippen molar-refractivity contribution in [3.8, 4) is 0 Å². The quantitative estimate of drug-likeness (QED) is 0.604. The molecule has 10 heavy (non-hydrogen) atoms. The molecular weight excluding hydrogens is 142 g/mol. The van der Waals surface area contributed by atoms with Gasteiger partial charge in [-0.2, -0.15) is 11.8 Å². The molecule has 1 aliphatic heterocycles. The number of nitrogens with zero attached hydrogens (tertiary/aromatic N) is 1. The third-order valence-corrected chi connectivity index (χ3v) is 2.98. The minimum Gasteiger partial charge on any atom is -0.254 e. The lowest BCUT2D eigenvalue weighted by Gasteiger charge is -2.24. The lowest BCUT2D eigenvalue weighted by molar-refractivity contribution is 0.839. The molecule has 51 valence electrons. The second kappa shape index (κ2) is 2.62. The molecule has 2 rings (SSSR count). The van der Waals surface area contributed by atoms with Gasteiger partial charge in [-0.05, 0) is 11.6 Å². The molecule has 1 fully saturated rings. The number of pyridine rings is 1. The normalized spacial score (nSPS) is 18.4. The highest BCUT2D eigenvalue weighted by Gasteiger charge is 2.19. The van der Waals surface area contributed by atoms with E-state index in [9.17, 15) is 0 Å². The Balaban J connectivity index is 2.18. The van der Waals surface area contributed by atoms with E-state index < -0.39 is 0 Å². The van der Waals surface area contributed by atoms with E-state index in [1.165, 1.54) is 17.1 Å². The van der Waals surface area contributed by atoms with Gasteiger partial charge >= 0.3 is 0 Å². The Bertz CT molecular complexity index is 206. The molecule has 1 nitrogen and oxygen atoms in total. The van der Waals surface area contributed by atoms with Crippen LogP contribution in [0.2, 0.25) is 0 Å². The third-order valence-electron chi connectivity index (χ3n) is 1.71. The molecule has 0 unspecified atom stereocenters. The van der Waals surface area contributed by atoms with Crippen LogP contribution in [0.4, 0.5) is 0 Å². The van der Waals surface area contributed by atoms with Crippen molar-refractivity contribution in [2.24, 2.45) is 0 Å². The van der Waals surface area contributed by atoms with Gasteiger partial charge in [-0.1, -0.05) is 6.07 Å². The van der Waals surface area contributed by atoms with E-state index in [2.05, 4.69) is 17.2 Å². The maximum absolute atomic E-state index is 3.95. The molecule has 1 aliphatic rings. The molecule has 2 heteroatoms. The van der Waals surface area contributed by atoms with E-state index in [-0.39, 0.29) is 0 Å². The summed E-state index contributed by atoms with van der Waals surface area (Å²) < 4.78 is 0. The molecule has 2 heterocycles. The van der Waals surface area contributed by atoms with Crippen LogP contribution in [0.15, 0.2) is 18.3 Å². The van der Waals surface area contributed by atoms with Crippen molar-refractivity contribution in [1.82, 2.24) is 4.98 Å². The van der Waals surface area contributed by atoms with Crippen molar-refractivity contribution in [3.05, 3.63) is 30.1 Å². The summed E-state index contributed by atoms with van der Waals surface area (Å²) >= 11 is 1.99. The van der Waals surface area contributed by atoms with E-state index in [4.69, 9.17) is 0 Å². The molecular formula is C8H8NS. The lowest BCUT2D eigenvalue weighted by Crippen LogP contribution is -2.15. The SMILES string of the molecule is [c]1ncccc1C1CSC1. The van der Waals surface area contributed by atoms with Gasteiger partial charge in [0.2, 0.25) is 0 Å². The van der Waals surface area contributed by atoms with E-state index in [1.54, 1.807) is 6.20 Å². The van der Waals surface area contributed by atoms with Crippen LogP contribution in [0.3, 0.4) is 0 Å². The van der Waals surface area contributed by atoms with Crippen LogP contribution in [0.1, 0.15) is 11.5 Å². The van der Waals surface area contributed by atoms with Crippen LogP contribution in [0.5, 0.6) is 0 Å². The molecule has 1 aromatic rings. The highest BCUT2D eigenvalue weighted by molar-refractivity contribution is 8.00. The summed E-state index contributed by atoms with van der Waals surface area (Å²) in [6.45, 7) is 0. The van der Waals surface area contributed by atoms with Gasteiger partial charge in [-0.15, -0.1) is 0 Å². The monoisotopic (exact) mass is 150 g/mol. The molecule has 0 spiro atoms. The van der Waals surface area contributed by atoms with Crippen molar-refractivity contribution < 1.29 is 0 Å². The highest BCUT2D eigenvalue weighted by Crippen LogP contribution is 2.32. The summed E-state index contributed by atoms with van der Waals surface area (Å²) in [6, 6.07) is 4.09. The van der Waals surface area contributed by atoms with Crippen LogP contribution in [-0.2, 0) is 0 Å².